The van der Waals surface area contributed by atoms with Crippen LogP contribution in [0.4, 0.5) is 0 Å². The smallest absolute Gasteiger partial charge is 0.273 e. The van der Waals surface area contributed by atoms with E-state index in [0.29, 0.717) is 32.8 Å². The van der Waals surface area contributed by atoms with Crippen molar-refractivity contribution in [1.29, 1.82) is 0 Å². The van der Waals surface area contributed by atoms with Crippen LogP contribution in [0.3, 0.4) is 0 Å². The van der Waals surface area contributed by atoms with E-state index in [9.17, 15) is 13.2 Å². The van der Waals surface area contributed by atoms with Gasteiger partial charge in [0.05, 0.1) is 18.9 Å². The van der Waals surface area contributed by atoms with E-state index in [1.165, 1.54) is 6.92 Å². The van der Waals surface area contributed by atoms with Crippen LogP contribution in [0.2, 0.25) is 0 Å². The molecule has 1 heterocycles. The number of carbonyl (C=O) groups excluding carboxylic acids is 1. The number of nitrogens with two attached hydrogens (primary N) is 1. The third-order valence-electron chi connectivity index (χ3n) is 2.57. The van der Waals surface area contributed by atoms with Crippen LogP contribution in [0.1, 0.15) is 22.6 Å². The first-order valence-corrected chi connectivity index (χ1v) is 7.85. The lowest BCUT2D eigenvalue weighted by Gasteiger charge is -2.05. The van der Waals surface area contributed by atoms with Crippen LogP contribution in [-0.4, -0.2) is 58.0 Å². The largest absolute Gasteiger partial charge is 0.382 e. The summed E-state index contributed by atoms with van der Waals surface area (Å²) in [4.78, 5) is 11.6. The fourth-order valence-electron chi connectivity index (χ4n) is 1.63. The van der Waals surface area contributed by atoms with Gasteiger partial charge in [0, 0.05) is 20.3 Å². The van der Waals surface area contributed by atoms with E-state index in [-0.39, 0.29) is 16.3 Å². The molecule has 1 amide bonds. The Morgan fingerprint density at radius 1 is 1.38 bits per heavy atom. The summed E-state index contributed by atoms with van der Waals surface area (Å²) in [7, 11) is -2.42. The Bertz CT molecular complexity index is 569. The number of methoxy groups -OCH3 is 1. The Hall–Kier alpha value is -1.49. The molecule has 120 valence electrons. The predicted octanol–water partition coefficient (Wildman–Crippen LogP) is -0.852. The molecule has 0 radical (unpaired) electrons. The average molecular weight is 320 g/mol. The van der Waals surface area contributed by atoms with Crippen LogP contribution in [-0.2, 0) is 19.5 Å². The maximum absolute atomic E-state index is 11.9. The van der Waals surface area contributed by atoms with Crippen molar-refractivity contribution in [2.75, 3.05) is 33.5 Å². The standard InChI is InChI=1S/C11H20N4O5S/c1-8-10(21(12,17)18)9(15-14-8)11(16)13-4-3-5-20-7-6-19-2/h3-7H2,1-2H3,(H,13,16)(H,14,15)(H2,12,17,18). The summed E-state index contributed by atoms with van der Waals surface area (Å²) in [5.74, 6) is -0.597. The Morgan fingerprint density at radius 3 is 2.71 bits per heavy atom. The molecule has 9 nitrogen and oxygen atoms in total. The van der Waals surface area contributed by atoms with Gasteiger partial charge in [-0.05, 0) is 13.3 Å². The number of amides is 1. The second-order valence-electron chi connectivity index (χ2n) is 4.29. The Balaban J connectivity index is 2.47. The van der Waals surface area contributed by atoms with E-state index < -0.39 is 15.9 Å². The van der Waals surface area contributed by atoms with Crippen molar-refractivity contribution >= 4 is 15.9 Å². The molecule has 10 heteroatoms. The summed E-state index contributed by atoms with van der Waals surface area (Å²) in [5.41, 5.74) is 0.000787. The molecule has 1 aromatic rings. The van der Waals surface area contributed by atoms with Gasteiger partial charge >= 0.3 is 0 Å². The van der Waals surface area contributed by atoms with E-state index in [2.05, 4.69) is 15.5 Å². The number of primary sulfonamides is 1. The molecule has 4 N–H and O–H groups in total. The van der Waals surface area contributed by atoms with Crippen LogP contribution in [0.15, 0.2) is 4.90 Å². The van der Waals surface area contributed by atoms with Crippen LogP contribution in [0.5, 0.6) is 0 Å². The van der Waals surface area contributed by atoms with Gasteiger partial charge in [0.15, 0.2) is 5.69 Å². The Kier molecular flexibility index (Phi) is 6.75. The van der Waals surface area contributed by atoms with Crippen molar-refractivity contribution in [2.45, 2.75) is 18.2 Å². The van der Waals surface area contributed by atoms with Gasteiger partial charge in [-0.1, -0.05) is 0 Å². The van der Waals surface area contributed by atoms with E-state index in [0.717, 1.165) is 0 Å². The van der Waals surface area contributed by atoms with Crippen molar-refractivity contribution in [3.63, 3.8) is 0 Å². The maximum atomic E-state index is 11.9. The van der Waals surface area contributed by atoms with Gasteiger partial charge in [-0.3, -0.25) is 9.89 Å². The molecular formula is C11H20N4O5S. The van der Waals surface area contributed by atoms with E-state index in [1.54, 1.807) is 7.11 Å². The lowest BCUT2D eigenvalue weighted by molar-refractivity contribution is 0.0688. The van der Waals surface area contributed by atoms with Gasteiger partial charge in [0.1, 0.15) is 4.90 Å². The van der Waals surface area contributed by atoms with Crippen molar-refractivity contribution in [3.05, 3.63) is 11.4 Å². The molecule has 0 aromatic carbocycles. The first-order chi connectivity index (χ1) is 9.88. The molecule has 0 atom stereocenters. The zero-order valence-electron chi connectivity index (χ0n) is 12.0. The zero-order valence-corrected chi connectivity index (χ0v) is 12.8. The monoisotopic (exact) mass is 320 g/mol. The predicted molar refractivity (Wildman–Crippen MR) is 74.3 cm³/mol. The summed E-state index contributed by atoms with van der Waals surface area (Å²) in [6.45, 7) is 3.27. The second-order valence-corrected chi connectivity index (χ2v) is 5.78. The van der Waals surface area contributed by atoms with Crippen LogP contribution in [0.25, 0.3) is 0 Å². The number of aromatic amines is 1. The highest BCUT2D eigenvalue weighted by molar-refractivity contribution is 7.89. The van der Waals surface area contributed by atoms with Crippen LogP contribution >= 0.6 is 0 Å². The van der Waals surface area contributed by atoms with Gasteiger partial charge < -0.3 is 14.8 Å². The highest BCUT2D eigenvalue weighted by Gasteiger charge is 2.25. The van der Waals surface area contributed by atoms with Gasteiger partial charge in [0.2, 0.25) is 10.0 Å². The number of sulfonamides is 1. The number of nitrogens with one attached hydrogen (secondary N) is 2. The molecule has 21 heavy (non-hydrogen) atoms. The number of aromatic nitrogens is 2. The maximum Gasteiger partial charge on any atom is 0.273 e. The first kappa shape index (κ1) is 17.6. The van der Waals surface area contributed by atoms with Crippen molar-refractivity contribution in [2.24, 2.45) is 5.14 Å². The summed E-state index contributed by atoms with van der Waals surface area (Å²) >= 11 is 0. The fraction of sp³-hybridized carbons (Fsp3) is 0.636. The third-order valence-corrected chi connectivity index (χ3v) is 3.64. The van der Waals surface area contributed by atoms with Gasteiger partial charge in [-0.2, -0.15) is 5.10 Å². The number of carbonyl (C=O) groups is 1. The molecule has 0 unspecified atom stereocenters. The number of aryl methyl sites for hydroxylation is 1. The number of H-pyrrole nitrogens is 1. The second kappa shape index (κ2) is 8.08. The minimum Gasteiger partial charge on any atom is -0.382 e. The average Bonchev–Trinajstić information content (AvgIpc) is 2.79. The van der Waals surface area contributed by atoms with Gasteiger partial charge in [-0.25, -0.2) is 13.6 Å². The minimum absolute atomic E-state index is 0.227. The van der Waals surface area contributed by atoms with Gasteiger partial charge in [0.25, 0.3) is 5.91 Å². The molecule has 0 fully saturated rings. The fourth-order valence-corrected chi connectivity index (χ4v) is 2.51. The van der Waals surface area contributed by atoms with Gasteiger partial charge in [-0.15, -0.1) is 0 Å². The van der Waals surface area contributed by atoms with E-state index in [1.807, 2.05) is 0 Å². The van der Waals surface area contributed by atoms with Crippen LogP contribution < -0.4 is 10.5 Å². The number of nitrogens with zero attached hydrogens (tertiary/aromatic N) is 1. The Morgan fingerprint density at radius 2 is 2.10 bits per heavy atom. The number of hydrogen-bond donors (Lipinski definition) is 3. The normalized spacial score (nSPS) is 11.6. The highest BCUT2D eigenvalue weighted by Crippen LogP contribution is 2.15. The van der Waals surface area contributed by atoms with Crippen molar-refractivity contribution in [1.82, 2.24) is 15.5 Å². The molecule has 0 saturated heterocycles. The van der Waals surface area contributed by atoms with E-state index in [4.69, 9.17) is 14.6 Å². The number of hydrogen-bond acceptors (Lipinski definition) is 6. The van der Waals surface area contributed by atoms with Crippen molar-refractivity contribution < 1.29 is 22.7 Å². The number of rotatable bonds is 9. The summed E-state index contributed by atoms with van der Waals surface area (Å²) in [6.07, 6.45) is 0.587. The molecule has 0 aliphatic rings. The molecular weight excluding hydrogens is 300 g/mol. The lowest BCUT2D eigenvalue weighted by Crippen LogP contribution is -2.28. The molecule has 1 aromatic heterocycles. The lowest BCUT2D eigenvalue weighted by atomic mass is 10.3. The molecule has 0 aliphatic carbocycles. The molecule has 0 bridgehead atoms. The molecule has 0 aliphatic heterocycles. The van der Waals surface area contributed by atoms with E-state index >= 15 is 0 Å². The molecule has 0 spiro atoms. The van der Waals surface area contributed by atoms with Crippen molar-refractivity contribution in [3.8, 4) is 0 Å². The molecule has 0 saturated carbocycles. The van der Waals surface area contributed by atoms with Crippen LogP contribution in [0, 0.1) is 6.92 Å². The minimum atomic E-state index is -4.00. The quantitative estimate of drug-likeness (QED) is 0.507. The topological polar surface area (TPSA) is 136 Å². The SMILES string of the molecule is COCCOCCCNC(=O)c1n[nH]c(C)c1S(N)(=O)=O. The first-order valence-electron chi connectivity index (χ1n) is 6.30. The third kappa shape index (κ3) is 5.42. The molecule has 1 rings (SSSR count). The summed E-state index contributed by atoms with van der Waals surface area (Å²) in [6, 6.07) is 0. The number of ether oxygens (including phenoxy) is 2. The Labute approximate surface area is 123 Å². The summed E-state index contributed by atoms with van der Waals surface area (Å²) < 4.78 is 32.9. The summed E-state index contributed by atoms with van der Waals surface area (Å²) in [5, 5.41) is 13.7. The highest BCUT2D eigenvalue weighted by atomic mass is 32.2. The zero-order chi connectivity index (χ0) is 15.9.